The molecule has 1 aliphatic rings. The third-order valence-electron chi connectivity index (χ3n) is 4.87. The molecule has 0 atom stereocenters. The number of fused-ring (bicyclic) bond motifs is 1. The molecule has 0 fully saturated rings. The van der Waals surface area contributed by atoms with Gasteiger partial charge in [0.15, 0.2) is 11.5 Å². The van der Waals surface area contributed by atoms with Crippen molar-refractivity contribution in [3.05, 3.63) is 53.6 Å². The minimum absolute atomic E-state index is 0.207. The van der Waals surface area contributed by atoms with Crippen LogP contribution in [0.3, 0.4) is 0 Å². The second-order valence-corrected chi connectivity index (χ2v) is 7.38. The van der Waals surface area contributed by atoms with E-state index in [1.165, 1.54) is 0 Å². The van der Waals surface area contributed by atoms with Crippen LogP contribution in [0.4, 0.5) is 5.69 Å². The smallest absolute Gasteiger partial charge is 0.242 e. The lowest BCUT2D eigenvalue weighted by molar-refractivity contribution is -0.139. The highest BCUT2D eigenvalue weighted by molar-refractivity contribution is 6.11. The Morgan fingerprint density at radius 2 is 1.86 bits per heavy atom. The lowest BCUT2D eigenvalue weighted by atomic mass is 9.89. The van der Waals surface area contributed by atoms with Crippen LogP contribution in [-0.4, -0.2) is 25.2 Å². The van der Waals surface area contributed by atoms with Gasteiger partial charge in [-0.1, -0.05) is 18.2 Å². The Balaban J connectivity index is 1.69. The van der Waals surface area contributed by atoms with E-state index >= 15 is 0 Å². The number of ether oxygens (including phenoxy) is 2. The molecule has 0 aromatic heterocycles. The third-order valence-corrected chi connectivity index (χ3v) is 4.87. The van der Waals surface area contributed by atoms with Crippen molar-refractivity contribution in [2.75, 3.05) is 18.2 Å². The zero-order valence-electron chi connectivity index (χ0n) is 16.7. The van der Waals surface area contributed by atoms with Gasteiger partial charge in [0.2, 0.25) is 18.6 Å². The minimum atomic E-state index is -1.20. The summed E-state index contributed by atoms with van der Waals surface area (Å²) in [6.07, 6.45) is 0. The lowest BCUT2D eigenvalue weighted by Gasteiger charge is -2.30. The molecule has 28 heavy (non-hydrogen) atoms. The number of amides is 2. The maximum absolute atomic E-state index is 13.1. The number of hydrogen-bond donors (Lipinski definition) is 1. The molecule has 3 rings (SSSR count). The number of nitrogens with zero attached hydrogens (tertiary/aromatic N) is 1. The van der Waals surface area contributed by atoms with E-state index in [1.54, 1.807) is 18.7 Å². The molecule has 0 radical (unpaired) electrons. The summed E-state index contributed by atoms with van der Waals surface area (Å²) in [5.74, 6) is 0.811. The highest BCUT2D eigenvalue weighted by atomic mass is 16.7. The Morgan fingerprint density at radius 1 is 1.11 bits per heavy atom. The van der Waals surface area contributed by atoms with E-state index in [0.29, 0.717) is 24.6 Å². The number of carbonyl (C=O) groups is 2. The van der Waals surface area contributed by atoms with Gasteiger partial charge < -0.3 is 19.7 Å². The molecule has 6 heteroatoms. The fourth-order valence-electron chi connectivity index (χ4n) is 3.13. The van der Waals surface area contributed by atoms with E-state index in [9.17, 15) is 9.59 Å². The van der Waals surface area contributed by atoms with Crippen LogP contribution < -0.4 is 19.7 Å². The van der Waals surface area contributed by atoms with Crippen molar-refractivity contribution in [2.24, 2.45) is 5.41 Å². The van der Waals surface area contributed by atoms with Crippen LogP contribution in [0, 0.1) is 12.3 Å². The maximum Gasteiger partial charge on any atom is 0.242 e. The van der Waals surface area contributed by atoms with Crippen LogP contribution in [0.5, 0.6) is 11.5 Å². The SMILES string of the molecule is CCN(C(=O)C(C)(C)C(=O)NCc1ccc2c(c1)OCO2)c1cccc(C)c1. The molecule has 0 unspecified atom stereocenters. The molecule has 2 amide bonds. The summed E-state index contributed by atoms with van der Waals surface area (Å²) in [4.78, 5) is 27.6. The standard InChI is InChI=1S/C22H26N2O4/c1-5-24(17-8-6-7-15(2)11-17)21(26)22(3,4)20(25)23-13-16-9-10-18-19(12-16)28-14-27-18/h6-12H,5,13-14H2,1-4H3,(H,23,25). The van der Waals surface area contributed by atoms with Crippen LogP contribution in [0.1, 0.15) is 31.9 Å². The zero-order valence-corrected chi connectivity index (χ0v) is 16.7. The molecule has 0 saturated carbocycles. The van der Waals surface area contributed by atoms with Crippen molar-refractivity contribution in [3.8, 4) is 11.5 Å². The lowest BCUT2D eigenvalue weighted by Crippen LogP contribution is -2.49. The van der Waals surface area contributed by atoms with E-state index in [0.717, 1.165) is 16.8 Å². The Bertz CT molecular complexity index is 892. The first-order valence-corrected chi connectivity index (χ1v) is 9.38. The number of nitrogens with one attached hydrogen (secondary N) is 1. The van der Waals surface area contributed by atoms with Gasteiger partial charge in [0.25, 0.3) is 0 Å². The monoisotopic (exact) mass is 382 g/mol. The van der Waals surface area contributed by atoms with Gasteiger partial charge in [0.1, 0.15) is 5.41 Å². The highest BCUT2D eigenvalue weighted by Crippen LogP contribution is 2.32. The summed E-state index contributed by atoms with van der Waals surface area (Å²) < 4.78 is 10.7. The van der Waals surface area contributed by atoms with Gasteiger partial charge in [0, 0.05) is 18.8 Å². The molecule has 1 N–H and O–H groups in total. The summed E-state index contributed by atoms with van der Waals surface area (Å²) in [6.45, 7) is 8.19. The van der Waals surface area contributed by atoms with Crippen LogP contribution in [0.25, 0.3) is 0 Å². The molecule has 2 aromatic carbocycles. The summed E-state index contributed by atoms with van der Waals surface area (Å²) >= 11 is 0. The largest absolute Gasteiger partial charge is 0.454 e. The van der Waals surface area contributed by atoms with Gasteiger partial charge in [0.05, 0.1) is 0 Å². The number of anilines is 1. The predicted octanol–water partition coefficient (Wildman–Crippen LogP) is 3.42. The highest BCUT2D eigenvalue weighted by Gasteiger charge is 2.39. The van der Waals surface area contributed by atoms with Gasteiger partial charge in [-0.2, -0.15) is 0 Å². The Morgan fingerprint density at radius 3 is 2.57 bits per heavy atom. The van der Waals surface area contributed by atoms with E-state index in [4.69, 9.17) is 9.47 Å². The van der Waals surface area contributed by atoms with Crippen LogP contribution >= 0.6 is 0 Å². The number of carbonyl (C=O) groups excluding carboxylic acids is 2. The molecular weight excluding hydrogens is 356 g/mol. The summed E-state index contributed by atoms with van der Waals surface area (Å²) in [5, 5.41) is 2.87. The fourth-order valence-corrected chi connectivity index (χ4v) is 3.13. The van der Waals surface area contributed by atoms with Gasteiger partial charge in [-0.25, -0.2) is 0 Å². The van der Waals surface area contributed by atoms with E-state index in [-0.39, 0.29) is 18.6 Å². The molecule has 0 saturated heterocycles. The fraction of sp³-hybridized carbons (Fsp3) is 0.364. The molecule has 1 heterocycles. The third kappa shape index (κ3) is 3.96. The van der Waals surface area contributed by atoms with Crippen molar-refractivity contribution in [3.63, 3.8) is 0 Å². The average molecular weight is 382 g/mol. The first-order chi connectivity index (χ1) is 13.3. The van der Waals surface area contributed by atoms with E-state index in [2.05, 4.69) is 5.32 Å². The van der Waals surface area contributed by atoms with Crippen molar-refractivity contribution in [2.45, 2.75) is 34.2 Å². The topological polar surface area (TPSA) is 67.9 Å². The van der Waals surface area contributed by atoms with E-state index < -0.39 is 5.41 Å². The van der Waals surface area contributed by atoms with Crippen molar-refractivity contribution in [1.82, 2.24) is 5.32 Å². The quantitative estimate of drug-likeness (QED) is 0.778. The normalized spacial score (nSPS) is 12.6. The summed E-state index contributed by atoms with van der Waals surface area (Å²) in [5.41, 5.74) is 1.54. The Kier molecular flexibility index (Phi) is 5.58. The molecular formula is C22H26N2O4. The van der Waals surface area contributed by atoms with Gasteiger partial charge in [-0.05, 0) is 63.1 Å². The first kappa shape index (κ1) is 19.7. The Labute approximate surface area is 165 Å². The van der Waals surface area contributed by atoms with Crippen LogP contribution in [-0.2, 0) is 16.1 Å². The number of hydrogen-bond acceptors (Lipinski definition) is 4. The molecule has 0 spiro atoms. The maximum atomic E-state index is 13.1. The molecule has 0 bridgehead atoms. The summed E-state index contributed by atoms with van der Waals surface area (Å²) in [6, 6.07) is 13.2. The molecule has 2 aromatic rings. The zero-order chi connectivity index (χ0) is 20.3. The summed E-state index contributed by atoms with van der Waals surface area (Å²) in [7, 11) is 0. The predicted molar refractivity (Wildman–Crippen MR) is 107 cm³/mol. The average Bonchev–Trinajstić information content (AvgIpc) is 3.14. The second-order valence-electron chi connectivity index (χ2n) is 7.38. The van der Waals surface area contributed by atoms with Gasteiger partial charge in [-0.3, -0.25) is 9.59 Å². The molecule has 148 valence electrons. The number of benzene rings is 2. The second kappa shape index (κ2) is 7.92. The first-order valence-electron chi connectivity index (χ1n) is 9.38. The van der Waals surface area contributed by atoms with Crippen LogP contribution in [0.15, 0.2) is 42.5 Å². The molecule has 1 aliphatic heterocycles. The molecule has 0 aliphatic carbocycles. The number of rotatable bonds is 6. The Hall–Kier alpha value is -3.02. The van der Waals surface area contributed by atoms with Crippen molar-refractivity contribution < 1.29 is 19.1 Å². The van der Waals surface area contributed by atoms with Gasteiger partial charge in [-0.15, -0.1) is 0 Å². The van der Waals surface area contributed by atoms with Crippen molar-refractivity contribution in [1.29, 1.82) is 0 Å². The van der Waals surface area contributed by atoms with Crippen molar-refractivity contribution >= 4 is 17.5 Å². The van der Waals surface area contributed by atoms with Crippen LogP contribution in [0.2, 0.25) is 0 Å². The minimum Gasteiger partial charge on any atom is -0.454 e. The van der Waals surface area contributed by atoms with Gasteiger partial charge >= 0.3 is 0 Å². The molecule has 6 nitrogen and oxygen atoms in total. The number of aryl methyl sites for hydroxylation is 1. The van der Waals surface area contributed by atoms with E-state index in [1.807, 2.05) is 56.3 Å².